The summed E-state index contributed by atoms with van der Waals surface area (Å²) < 4.78 is 27.1. The number of benzene rings is 1. The quantitative estimate of drug-likeness (QED) is 0.303. The van der Waals surface area contributed by atoms with Crippen molar-refractivity contribution < 1.29 is 38.1 Å². The van der Waals surface area contributed by atoms with Crippen molar-refractivity contribution >= 4 is 17.9 Å². The molecular weight excluding hydrogens is 442 g/mol. The number of hydrogen-bond acceptors (Lipinski definition) is 9. The van der Waals surface area contributed by atoms with Gasteiger partial charge in [0.1, 0.15) is 17.9 Å². The van der Waals surface area contributed by atoms with Gasteiger partial charge in [-0.25, -0.2) is 4.79 Å². The Morgan fingerprint density at radius 1 is 1.15 bits per heavy atom. The van der Waals surface area contributed by atoms with Crippen LogP contribution in [-0.2, 0) is 36.8 Å². The Kier molecular flexibility index (Phi) is 8.68. The number of morpholine rings is 1. The van der Waals surface area contributed by atoms with Gasteiger partial charge >= 0.3 is 17.9 Å². The SMILES string of the molecule is COc1c(C)c2c(c(OC(C)=O)c1CC=C(C)CCC(=O)OC(C)N1CCOCC1)C(=O)OC2. The van der Waals surface area contributed by atoms with E-state index in [1.54, 1.807) is 0 Å². The van der Waals surface area contributed by atoms with Crippen molar-refractivity contribution in [2.75, 3.05) is 33.4 Å². The van der Waals surface area contributed by atoms with E-state index >= 15 is 0 Å². The molecule has 0 amide bonds. The predicted molar refractivity (Wildman–Crippen MR) is 123 cm³/mol. The average molecular weight is 476 g/mol. The summed E-state index contributed by atoms with van der Waals surface area (Å²) in [5.41, 5.74) is 3.28. The lowest BCUT2D eigenvalue weighted by Crippen LogP contribution is -2.44. The number of ether oxygens (including phenoxy) is 5. The van der Waals surface area contributed by atoms with E-state index < -0.39 is 11.9 Å². The second-order valence-electron chi connectivity index (χ2n) is 8.48. The Balaban J connectivity index is 1.70. The summed E-state index contributed by atoms with van der Waals surface area (Å²) in [4.78, 5) is 38.5. The minimum atomic E-state index is -0.535. The van der Waals surface area contributed by atoms with Gasteiger partial charge in [0.25, 0.3) is 0 Å². The van der Waals surface area contributed by atoms with Crippen LogP contribution in [0.4, 0.5) is 0 Å². The number of carbonyl (C=O) groups excluding carboxylic acids is 3. The highest BCUT2D eigenvalue weighted by Crippen LogP contribution is 2.43. The number of hydrogen-bond donors (Lipinski definition) is 0. The molecule has 1 fully saturated rings. The molecule has 2 heterocycles. The van der Waals surface area contributed by atoms with Crippen molar-refractivity contribution in [2.45, 2.75) is 59.8 Å². The topological polar surface area (TPSA) is 101 Å². The molecule has 1 atom stereocenters. The molecule has 0 radical (unpaired) electrons. The van der Waals surface area contributed by atoms with Crippen LogP contribution in [0.5, 0.6) is 11.5 Å². The number of fused-ring (bicyclic) bond motifs is 1. The first-order valence-corrected chi connectivity index (χ1v) is 11.5. The van der Waals surface area contributed by atoms with Crippen LogP contribution in [0.2, 0.25) is 0 Å². The Morgan fingerprint density at radius 2 is 1.85 bits per heavy atom. The highest BCUT2D eigenvalue weighted by atomic mass is 16.6. The summed E-state index contributed by atoms with van der Waals surface area (Å²) in [6, 6.07) is 0. The zero-order chi connectivity index (χ0) is 24.8. The van der Waals surface area contributed by atoms with Crippen LogP contribution in [-0.4, -0.2) is 62.4 Å². The van der Waals surface area contributed by atoms with Gasteiger partial charge in [-0.05, 0) is 39.2 Å². The molecule has 1 aromatic rings. The number of cyclic esters (lactones) is 1. The van der Waals surface area contributed by atoms with Gasteiger partial charge < -0.3 is 23.7 Å². The number of esters is 3. The monoisotopic (exact) mass is 475 g/mol. The van der Waals surface area contributed by atoms with E-state index in [-0.39, 0.29) is 36.5 Å². The number of nitrogens with zero attached hydrogens (tertiary/aromatic N) is 1. The first-order valence-electron chi connectivity index (χ1n) is 11.5. The molecule has 1 saturated heterocycles. The lowest BCUT2D eigenvalue weighted by Gasteiger charge is -2.31. The second kappa shape index (κ2) is 11.5. The van der Waals surface area contributed by atoms with Crippen LogP contribution in [0.25, 0.3) is 0 Å². The van der Waals surface area contributed by atoms with Gasteiger partial charge in [-0.3, -0.25) is 14.5 Å². The van der Waals surface area contributed by atoms with Crippen LogP contribution in [0.3, 0.4) is 0 Å². The van der Waals surface area contributed by atoms with E-state index in [1.165, 1.54) is 14.0 Å². The minimum absolute atomic E-state index is 0.116. The van der Waals surface area contributed by atoms with Crippen molar-refractivity contribution in [3.05, 3.63) is 33.9 Å². The summed E-state index contributed by atoms with van der Waals surface area (Å²) >= 11 is 0. The van der Waals surface area contributed by atoms with Crippen LogP contribution in [0, 0.1) is 6.92 Å². The third-order valence-electron chi connectivity index (χ3n) is 6.11. The molecule has 3 rings (SSSR count). The highest BCUT2D eigenvalue weighted by molar-refractivity contribution is 5.99. The molecule has 9 heteroatoms. The maximum Gasteiger partial charge on any atom is 0.342 e. The Morgan fingerprint density at radius 3 is 2.50 bits per heavy atom. The van der Waals surface area contributed by atoms with Crippen LogP contribution < -0.4 is 9.47 Å². The zero-order valence-electron chi connectivity index (χ0n) is 20.5. The van der Waals surface area contributed by atoms with Crippen molar-refractivity contribution in [1.82, 2.24) is 4.90 Å². The van der Waals surface area contributed by atoms with Gasteiger partial charge in [0, 0.05) is 37.6 Å². The van der Waals surface area contributed by atoms with E-state index in [1.807, 2.05) is 26.8 Å². The fourth-order valence-electron chi connectivity index (χ4n) is 4.21. The number of methoxy groups -OCH3 is 1. The molecule has 34 heavy (non-hydrogen) atoms. The van der Waals surface area contributed by atoms with Gasteiger partial charge in [-0.2, -0.15) is 0 Å². The van der Waals surface area contributed by atoms with Gasteiger partial charge in [0.15, 0.2) is 12.0 Å². The Labute approximate surface area is 199 Å². The summed E-state index contributed by atoms with van der Waals surface area (Å²) in [5, 5.41) is 0. The van der Waals surface area contributed by atoms with E-state index in [2.05, 4.69) is 4.90 Å². The lowest BCUT2D eigenvalue weighted by molar-refractivity contribution is -0.161. The fourth-order valence-corrected chi connectivity index (χ4v) is 4.21. The third kappa shape index (κ3) is 5.95. The third-order valence-corrected chi connectivity index (χ3v) is 6.11. The summed E-state index contributed by atoms with van der Waals surface area (Å²) in [6.07, 6.45) is 2.78. The summed E-state index contributed by atoms with van der Waals surface area (Å²) in [5.74, 6) is -0.588. The Bertz CT molecular complexity index is 978. The molecule has 1 unspecified atom stereocenters. The standard InChI is InChI=1S/C25H33NO8/c1-15(7-9-21(28)33-17(3)26-10-12-31-13-11-26)6-8-19-23(30-5)16(2)20-14-32-25(29)22(20)24(19)34-18(4)27/h6,17H,7-14H2,1-5H3. The first-order chi connectivity index (χ1) is 16.2. The van der Waals surface area contributed by atoms with Gasteiger partial charge in [0.2, 0.25) is 0 Å². The largest absolute Gasteiger partial charge is 0.496 e. The van der Waals surface area contributed by atoms with Crippen molar-refractivity contribution in [1.29, 1.82) is 0 Å². The number of carbonyl (C=O) groups is 3. The molecule has 0 saturated carbocycles. The maximum atomic E-state index is 12.4. The summed E-state index contributed by atoms with van der Waals surface area (Å²) in [6.45, 7) is 9.81. The number of rotatable bonds is 9. The average Bonchev–Trinajstić information content (AvgIpc) is 3.20. The predicted octanol–water partition coefficient (Wildman–Crippen LogP) is 3.09. The zero-order valence-corrected chi connectivity index (χ0v) is 20.5. The first kappa shape index (κ1) is 25.7. The summed E-state index contributed by atoms with van der Waals surface area (Å²) in [7, 11) is 1.54. The minimum Gasteiger partial charge on any atom is -0.496 e. The molecule has 2 aliphatic rings. The normalized spacial score (nSPS) is 17.1. The van der Waals surface area contributed by atoms with Crippen molar-refractivity contribution in [3.63, 3.8) is 0 Å². The second-order valence-corrected chi connectivity index (χ2v) is 8.48. The molecule has 0 aromatic heterocycles. The van der Waals surface area contributed by atoms with Gasteiger partial charge in [0.05, 0.1) is 20.3 Å². The molecular formula is C25H33NO8. The van der Waals surface area contributed by atoms with Crippen molar-refractivity contribution in [3.8, 4) is 11.5 Å². The number of allylic oxidation sites excluding steroid dienone is 2. The molecule has 0 aliphatic carbocycles. The van der Waals surface area contributed by atoms with E-state index in [0.29, 0.717) is 42.9 Å². The molecule has 9 nitrogen and oxygen atoms in total. The van der Waals surface area contributed by atoms with Crippen LogP contribution in [0.15, 0.2) is 11.6 Å². The van der Waals surface area contributed by atoms with E-state index in [9.17, 15) is 14.4 Å². The molecule has 186 valence electrons. The van der Waals surface area contributed by atoms with Crippen LogP contribution in [0.1, 0.15) is 60.7 Å². The van der Waals surface area contributed by atoms with E-state index in [0.717, 1.165) is 24.2 Å². The highest BCUT2D eigenvalue weighted by Gasteiger charge is 2.33. The molecule has 1 aromatic carbocycles. The van der Waals surface area contributed by atoms with E-state index in [4.69, 9.17) is 23.7 Å². The lowest BCUT2D eigenvalue weighted by atomic mass is 9.94. The molecule has 2 aliphatic heterocycles. The maximum absolute atomic E-state index is 12.4. The molecule has 0 bridgehead atoms. The van der Waals surface area contributed by atoms with Crippen molar-refractivity contribution in [2.24, 2.45) is 0 Å². The van der Waals surface area contributed by atoms with Crippen LogP contribution >= 0.6 is 0 Å². The van der Waals surface area contributed by atoms with Gasteiger partial charge in [-0.15, -0.1) is 0 Å². The molecule has 0 spiro atoms. The molecule has 0 N–H and O–H groups in total. The Hall–Kier alpha value is -2.91. The fraction of sp³-hybridized carbons (Fsp3) is 0.560. The smallest absolute Gasteiger partial charge is 0.342 e. The van der Waals surface area contributed by atoms with Gasteiger partial charge in [-0.1, -0.05) is 11.6 Å².